The molecule has 7 heteroatoms. The van der Waals surface area contributed by atoms with Crippen molar-refractivity contribution in [1.29, 1.82) is 0 Å². The Morgan fingerprint density at radius 3 is 3.05 bits per heavy atom. The summed E-state index contributed by atoms with van der Waals surface area (Å²) in [6.45, 7) is 0.705. The van der Waals surface area contributed by atoms with Gasteiger partial charge in [0.15, 0.2) is 6.61 Å². The summed E-state index contributed by atoms with van der Waals surface area (Å²) in [4.78, 5) is 12.5. The SMILES string of the molecule is Nc1cc2c(cc1NCc1cc(Br)cs1)NC(=O)CO2. The summed E-state index contributed by atoms with van der Waals surface area (Å²) in [5, 5.41) is 8.06. The molecular weight excluding hydrogens is 342 g/mol. The lowest BCUT2D eigenvalue weighted by Crippen LogP contribution is -2.25. The van der Waals surface area contributed by atoms with E-state index in [1.165, 1.54) is 4.88 Å². The summed E-state index contributed by atoms with van der Waals surface area (Å²) < 4.78 is 6.38. The number of nitrogens with one attached hydrogen (secondary N) is 2. The third-order valence-corrected chi connectivity index (χ3v) is 4.56. The molecule has 0 fully saturated rings. The highest BCUT2D eigenvalue weighted by atomic mass is 79.9. The van der Waals surface area contributed by atoms with Gasteiger partial charge in [-0.15, -0.1) is 11.3 Å². The van der Waals surface area contributed by atoms with E-state index in [1.54, 1.807) is 23.5 Å². The molecule has 20 heavy (non-hydrogen) atoms. The summed E-state index contributed by atoms with van der Waals surface area (Å²) in [6.07, 6.45) is 0. The van der Waals surface area contributed by atoms with Crippen molar-refractivity contribution in [3.05, 3.63) is 32.9 Å². The normalized spacial score (nSPS) is 13.3. The standard InChI is InChI=1S/C13H12BrN3O2S/c14-7-1-8(20-6-7)4-16-10-3-11-12(2-9(10)15)19-5-13(18)17-11/h1-3,6,16H,4-5,15H2,(H,17,18). The van der Waals surface area contributed by atoms with E-state index in [0.29, 0.717) is 23.7 Å². The van der Waals surface area contributed by atoms with Crippen molar-refractivity contribution in [2.75, 3.05) is 23.0 Å². The summed E-state index contributed by atoms with van der Waals surface area (Å²) in [5.74, 6) is 0.446. The number of fused-ring (bicyclic) bond motifs is 1. The van der Waals surface area contributed by atoms with Crippen LogP contribution in [0.3, 0.4) is 0 Å². The number of thiophene rings is 1. The quantitative estimate of drug-likeness (QED) is 0.741. The topological polar surface area (TPSA) is 76.4 Å². The maximum Gasteiger partial charge on any atom is 0.262 e. The fourth-order valence-corrected chi connectivity index (χ4v) is 3.31. The van der Waals surface area contributed by atoms with Crippen LogP contribution in [0.2, 0.25) is 0 Å². The van der Waals surface area contributed by atoms with Gasteiger partial charge in [-0.3, -0.25) is 4.79 Å². The predicted molar refractivity (Wildman–Crippen MR) is 84.3 cm³/mol. The Labute approximate surface area is 128 Å². The molecule has 0 bridgehead atoms. The predicted octanol–water partition coefficient (Wildman–Crippen LogP) is 3.04. The minimum absolute atomic E-state index is 0.0302. The molecule has 104 valence electrons. The van der Waals surface area contributed by atoms with Gasteiger partial charge in [0.2, 0.25) is 0 Å². The molecule has 0 saturated heterocycles. The smallest absolute Gasteiger partial charge is 0.262 e. The number of nitrogen functional groups attached to an aromatic ring is 1. The van der Waals surface area contributed by atoms with E-state index < -0.39 is 0 Å². The number of amides is 1. The van der Waals surface area contributed by atoms with Crippen molar-refractivity contribution in [3.63, 3.8) is 0 Å². The van der Waals surface area contributed by atoms with E-state index in [4.69, 9.17) is 10.5 Å². The second-order valence-corrected chi connectivity index (χ2v) is 6.27. The second-order valence-electron chi connectivity index (χ2n) is 4.36. The summed E-state index contributed by atoms with van der Waals surface area (Å²) in [6, 6.07) is 5.57. The number of carbonyl (C=O) groups excluding carboxylic acids is 1. The van der Waals surface area contributed by atoms with Gasteiger partial charge in [-0.25, -0.2) is 0 Å². The Bertz CT molecular complexity index is 672. The monoisotopic (exact) mass is 353 g/mol. The molecule has 1 amide bonds. The highest BCUT2D eigenvalue weighted by Crippen LogP contribution is 2.35. The van der Waals surface area contributed by atoms with Crippen LogP contribution in [-0.4, -0.2) is 12.5 Å². The molecule has 0 radical (unpaired) electrons. The van der Waals surface area contributed by atoms with Crippen molar-refractivity contribution in [2.45, 2.75) is 6.54 Å². The van der Waals surface area contributed by atoms with Crippen molar-refractivity contribution in [2.24, 2.45) is 0 Å². The van der Waals surface area contributed by atoms with Crippen LogP contribution in [0.1, 0.15) is 4.88 Å². The zero-order chi connectivity index (χ0) is 14.1. The third-order valence-electron chi connectivity index (χ3n) is 2.86. The van der Waals surface area contributed by atoms with Crippen LogP contribution in [0.4, 0.5) is 17.1 Å². The zero-order valence-corrected chi connectivity index (χ0v) is 12.8. The molecule has 0 unspecified atom stereocenters. The lowest BCUT2D eigenvalue weighted by Gasteiger charge is -2.20. The molecule has 2 heterocycles. The van der Waals surface area contributed by atoms with Gasteiger partial charge in [0.25, 0.3) is 5.91 Å². The van der Waals surface area contributed by atoms with Gasteiger partial charge in [0.1, 0.15) is 5.75 Å². The average Bonchev–Trinajstić information content (AvgIpc) is 2.83. The Hall–Kier alpha value is -1.73. The van der Waals surface area contributed by atoms with Crippen LogP contribution >= 0.6 is 27.3 Å². The van der Waals surface area contributed by atoms with Crippen molar-refractivity contribution >= 4 is 50.2 Å². The lowest BCUT2D eigenvalue weighted by molar-refractivity contribution is -0.118. The Balaban J connectivity index is 1.79. The number of hydrogen-bond acceptors (Lipinski definition) is 5. The molecule has 0 atom stereocenters. The molecule has 0 saturated carbocycles. The van der Waals surface area contributed by atoms with E-state index in [0.717, 1.165) is 10.2 Å². The molecule has 4 N–H and O–H groups in total. The van der Waals surface area contributed by atoms with E-state index in [9.17, 15) is 4.79 Å². The van der Waals surface area contributed by atoms with Gasteiger partial charge in [0.05, 0.1) is 17.1 Å². The summed E-state index contributed by atoms with van der Waals surface area (Å²) in [5.41, 5.74) is 8.00. The fraction of sp³-hybridized carbons (Fsp3) is 0.154. The maximum atomic E-state index is 11.3. The molecule has 1 aromatic carbocycles. The van der Waals surface area contributed by atoms with E-state index in [1.807, 2.05) is 5.38 Å². The van der Waals surface area contributed by atoms with Crippen molar-refractivity contribution in [1.82, 2.24) is 0 Å². The fourth-order valence-electron chi connectivity index (χ4n) is 1.92. The molecule has 3 rings (SSSR count). The van der Waals surface area contributed by atoms with Crippen LogP contribution in [-0.2, 0) is 11.3 Å². The molecule has 1 aliphatic rings. The zero-order valence-electron chi connectivity index (χ0n) is 10.4. The van der Waals surface area contributed by atoms with Gasteiger partial charge in [0, 0.05) is 27.3 Å². The second kappa shape index (κ2) is 5.34. The van der Waals surface area contributed by atoms with Gasteiger partial charge in [-0.2, -0.15) is 0 Å². The number of ether oxygens (including phenoxy) is 1. The Morgan fingerprint density at radius 1 is 1.45 bits per heavy atom. The highest BCUT2D eigenvalue weighted by Gasteiger charge is 2.17. The molecule has 1 aromatic heterocycles. The Kier molecular flexibility index (Phi) is 3.54. The molecule has 5 nitrogen and oxygen atoms in total. The first-order valence-electron chi connectivity index (χ1n) is 5.95. The molecule has 1 aliphatic heterocycles. The molecule has 2 aromatic rings. The summed E-state index contributed by atoms with van der Waals surface area (Å²) in [7, 11) is 0. The number of anilines is 3. The minimum Gasteiger partial charge on any atom is -0.482 e. The number of hydrogen-bond donors (Lipinski definition) is 3. The first kappa shape index (κ1) is 13.3. The van der Waals surface area contributed by atoms with Crippen molar-refractivity contribution in [3.8, 4) is 5.75 Å². The van der Waals surface area contributed by atoms with Gasteiger partial charge < -0.3 is 21.1 Å². The number of carbonyl (C=O) groups is 1. The molecule has 0 aliphatic carbocycles. The number of halogens is 1. The van der Waals surface area contributed by atoms with Gasteiger partial charge >= 0.3 is 0 Å². The van der Waals surface area contributed by atoms with Crippen LogP contribution in [0.5, 0.6) is 5.75 Å². The average molecular weight is 354 g/mol. The van der Waals surface area contributed by atoms with Gasteiger partial charge in [-0.05, 0) is 28.1 Å². The van der Waals surface area contributed by atoms with Crippen LogP contribution in [0, 0.1) is 0 Å². The van der Waals surface area contributed by atoms with E-state index in [-0.39, 0.29) is 12.5 Å². The van der Waals surface area contributed by atoms with Crippen LogP contribution in [0.15, 0.2) is 28.1 Å². The van der Waals surface area contributed by atoms with E-state index >= 15 is 0 Å². The summed E-state index contributed by atoms with van der Waals surface area (Å²) >= 11 is 5.08. The maximum absolute atomic E-state index is 11.3. The number of nitrogens with two attached hydrogens (primary N) is 1. The first-order chi connectivity index (χ1) is 9.61. The number of benzene rings is 1. The Morgan fingerprint density at radius 2 is 2.30 bits per heavy atom. The lowest BCUT2D eigenvalue weighted by atomic mass is 10.2. The van der Waals surface area contributed by atoms with Crippen LogP contribution < -0.4 is 21.1 Å². The van der Waals surface area contributed by atoms with E-state index in [2.05, 4.69) is 32.6 Å². The molecule has 0 spiro atoms. The van der Waals surface area contributed by atoms with Crippen LogP contribution in [0.25, 0.3) is 0 Å². The highest BCUT2D eigenvalue weighted by molar-refractivity contribution is 9.10. The molecular formula is C13H12BrN3O2S. The first-order valence-corrected chi connectivity index (χ1v) is 7.62. The van der Waals surface area contributed by atoms with Crippen molar-refractivity contribution < 1.29 is 9.53 Å². The third kappa shape index (κ3) is 2.73. The van der Waals surface area contributed by atoms with Gasteiger partial charge in [-0.1, -0.05) is 0 Å². The number of rotatable bonds is 3. The largest absolute Gasteiger partial charge is 0.482 e. The minimum atomic E-state index is -0.157.